The van der Waals surface area contributed by atoms with Gasteiger partial charge in [0.05, 0.1) is 13.0 Å². The minimum absolute atomic E-state index is 0.346. The number of hydrogen-bond acceptors (Lipinski definition) is 3. The molecule has 2 rings (SSSR count). The van der Waals surface area contributed by atoms with Gasteiger partial charge in [0.1, 0.15) is 6.10 Å². The predicted molar refractivity (Wildman–Crippen MR) is 79.8 cm³/mol. The van der Waals surface area contributed by atoms with Gasteiger partial charge in [-0.3, -0.25) is 9.69 Å². The van der Waals surface area contributed by atoms with Crippen molar-refractivity contribution in [3.63, 3.8) is 0 Å². The number of morpholine rings is 1. The van der Waals surface area contributed by atoms with Crippen molar-refractivity contribution in [3.8, 4) is 0 Å². The van der Waals surface area contributed by atoms with Gasteiger partial charge in [-0.25, -0.2) is 0 Å². The lowest BCUT2D eigenvalue weighted by Crippen LogP contribution is -2.50. The molecule has 1 saturated heterocycles. The quantitative estimate of drug-likeness (QED) is 0.830. The summed E-state index contributed by atoms with van der Waals surface area (Å²) in [4.78, 5) is 15.4. The Balaban J connectivity index is 1.86. The average molecular weight is 330 g/mol. The van der Waals surface area contributed by atoms with Crippen LogP contribution >= 0.6 is 0 Å². The average Bonchev–Trinajstić information content (AvgIpc) is 2.52. The van der Waals surface area contributed by atoms with Gasteiger partial charge in [0.2, 0.25) is 0 Å². The second-order valence-corrected chi connectivity index (χ2v) is 5.71. The Labute approximate surface area is 133 Å². The molecule has 1 aromatic carbocycles. The van der Waals surface area contributed by atoms with Crippen LogP contribution in [0.25, 0.3) is 0 Å². The molecule has 1 aliphatic rings. The summed E-state index contributed by atoms with van der Waals surface area (Å²) < 4.78 is 42.2. The summed E-state index contributed by atoms with van der Waals surface area (Å²) >= 11 is 0. The predicted octanol–water partition coefficient (Wildman–Crippen LogP) is 2.30. The summed E-state index contributed by atoms with van der Waals surface area (Å²) in [7, 11) is 1.38. The second kappa shape index (κ2) is 7.79. The Morgan fingerprint density at radius 2 is 2.04 bits per heavy atom. The first-order valence-electron chi connectivity index (χ1n) is 7.55. The highest BCUT2D eigenvalue weighted by atomic mass is 19.4. The maximum atomic E-state index is 12.2. The summed E-state index contributed by atoms with van der Waals surface area (Å²) in [6.45, 7) is 1.84. The van der Waals surface area contributed by atoms with Crippen molar-refractivity contribution in [2.24, 2.45) is 0 Å². The van der Waals surface area contributed by atoms with Gasteiger partial charge < -0.3 is 9.64 Å². The number of ether oxygens (including phenoxy) is 1. The molecule has 1 aliphatic heterocycles. The lowest BCUT2D eigenvalue weighted by atomic mass is 10.2. The van der Waals surface area contributed by atoms with E-state index in [0.717, 1.165) is 10.5 Å². The molecule has 4 nitrogen and oxygen atoms in total. The summed E-state index contributed by atoms with van der Waals surface area (Å²) in [6, 6.07) is 9.83. The third-order valence-electron chi connectivity index (χ3n) is 3.78. The van der Waals surface area contributed by atoms with Crippen LogP contribution in [0.4, 0.5) is 13.2 Å². The van der Waals surface area contributed by atoms with E-state index in [1.807, 2.05) is 30.3 Å². The van der Waals surface area contributed by atoms with Crippen molar-refractivity contribution in [1.82, 2.24) is 9.80 Å². The molecule has 0 aromatic heterocycles. The van der Waals surface area contributed by atoms with Gasteiger partial charge in [-0.15, -0.1) is 0 Å². The molecule has 0 N–H and O–H groups in total. The van der Waals surface area contributed by atoms with E-state index in [2.05, 4.69) is 4.90 Å². The van der Waals surface area contributed by atoms with Gasteiger partial charge in [0.25, 0.3) is 5.91 Å². The number of rotatable bonds is 5. The third kappa shape index (κ3) is 5.84. The molecular weight excluding hydrogens is 309 g/mol. The smallest absolute Gasteiger partial charge is 0.366 e. The SMILES string of the molecule is CN(CCC(F)(F)F)C(=O)C1CN(Cc2ccccc2)CCO1. The Morgan fingerprint density at radius 1 is 1.35 bits per heavy atom. The van der Waals surface area contributed by atoms with Gasteiger partial charge in [-0.05, 0) is 5.56 Å². The molecule has 7 heteroatoms. The Hall–Kier alpha value is -1.60. The topological polar surface area (TPSA) is 32.8 Å². The van der Waals surface area contributed by atoms with Crippen LogP contribution in [-0.2, 0) is 16.1 Å². The fourth-order valence-electron chi connectivity index (χ4n) is 2.49. The van der Waals surface area contributed by atoms with Crippen molar-refractivity contribution in [2.45, 2.75) is 25.2 Å². The van der Waals surface area contributed by atoms with E-state index in [4.69, 9.17) is 4.74 Å². The van der Waals surface area contributed by atoms with E-state index >= 15 is 0 Å². The first-order chi connectivity index (χ1) is 10.8. The monoisotopic (exact) mass is 330 g/mol. The zero-order valence-corrected chi connectivity index (χ0v) is 13.1. The molecule has 0 spiro atoms. The van der Waals surface area contributed by atoms with E-state index in [1.54, 1.807) is 0 Å². The fraction of sp³-hybridized carbons (Fsp3) is 0.562. The molecular formula is C16H21F3N2O2. The zero-order chi connectivity index (χ0) is 16.9. The van der Waals surface area contributed by atoms with Crippen LogP contribution in [0.1, 0.15) is 12.0 Å². The van der Waals surface area contributed by atoms with Crippen LogP contribution in [0.15, 0.2) is 30.3 Å². The molecule has 1 amide bonds. The number of alkyl halides is 3. The Morgan fingerprint density at radius 3 is 2.70 bits per heavy atom. The number of likely N-dealkylation sites (N-methyl/N-ethyl adjacent to an activating group) is 1. The minimum atomic E-state index is -4.26. The highest BCUT2D eigenvalue weighted by Gasteiger charge is 2.32. The largest absolute Gasteiger partial charge is 0.390 e. The van der Waals surface area contributed by atoms with E-state index in [0.29, 0.717) is 26.2 Å². The lowest BCUT2D eigenvalue weighted by Gasteiger charge is -2.34. The van der Waals surface area contributed by atoms with E-state index < -0.39 is 24.6 Å². The van der Waals surface area contributed by atoms with E-state index in [-0.39, 0.29) is 6.54 Å². The molecule has 0 saturated carbocycles. The molecule has 0 radical (unpaired) electrons. The van der Waals surface area contributed by atoms with Gasteiger partial charge in [0.15, 0.2) is 0 Å². The number of halogens is 3. The van der Waals surface area contributed by atoms with Crippen LogP contribution in [0.3, 0.4) is 0 Å². The lowest BCUT2D eigenvalue weighted by molar-refractivity contribution is -0.155. The highest BCUT2D eigenvalue weighted by molar-refractivity contribution is 5.81. The summed E-state index contributed by atoms with van der Waals surface area (Å²) in [6.07, 6.45) is -5.97. The Bertz CT molecular complexity index is 508. The van der Waals surface area contributed by atoms with Crippen LogP contribution in [0.2, 0.25) is 0 Å². The maximum Gasteiger partial charge on any atom is 0.390 e. The van der Waals surface area contributed by atoms with Crippen LogP contribution < -0.4 is 0 Å². The van der Waals surface area contributed by atoms with Crippen molar-refractivity contribution in [1.29, 1.82) is 0 Å². The van der Waals surface area contributed by atoms with Gasteiger partial charge >= 0.3 is 6.18 Å². The number of carbonyl (C=O) groups is 1. The number of carbonyl (C=O) groups excluding carboxylic acids is 1. The summed E-state index contributed by atoms with van der Waals surface area (Å²) in [5.41, 5.74) is 1.13. The van der Waals surface area contributed by atoms with Crippen molar-refractivity contribution in [3.05, 3.63) is 35.9 Å². The molecule has 1 aromatic rings. The Kier molecular flexibility index (Phi) is 6.01. The number of hydrogen-bond donors (Lipinski definition) is 0. The van der Waals surface area contributed by atoms with Crippen LogP contribution in [0.5, 0.6) is 0 Å². The molecule has 128 valence electrons. The molecule has 0 aliphatic carbocycles. The second-order valence-electron chi connectivity index (χ2n) is 5.71. The minimum Gasteiger partial charge on any atom is -0.366 e. The van der Waals surface area contributed by atoms with Gasteiger partial charge in [0, 0.05) is 33.2 Å². The summed E-state index contributed by atoms with van der Waals surface area (Å²) in [5, 5.41) is 0. The van der Waals surface area contributed by atoms with E-state index in [9.17, 15) is 18.0 Å². The molecule has 23 heavy (non-hydrogen) atoms. The standard InChI is InChI=1S/C16H21F3N2O2/c1-20(8-7-16(17,18)19)15(22)14-12-21(9-10-23-14)11-13-5-3-2-4-6-13/h2-6,14H,7-12H2,1H3. The van der Waals surface area contributed by atoms with Crippen LogP contribution in [-0.4, -0.2) is 61.3 Å². The van der Waals surface area contributed by atoms with Gasteiger partial charge in [-0.1, -0.05) is 30.3 Å². The first kappa shape index (κ1) is 17.7. The third-order valence-corrected chi connectivity index (χ3v) is 3.78. The fourth-order valence-corrected chi connectivity index (χ4v) is 2.49. The van der Waals surface area contributed by atoms with Crippen molar-refractivity contribution >= 4 is 5.91 Å². The van der Waals surface area contributed by atoms with Crippen LogP contribution in [0, 0.1) is 0 Å². The van der Waals surface area contributed by atoms with Crippen molar-refractivity contribution < 1.29 is 22.7 Å². The molecule has 1 heterocycles. The molecule has 0 bridgehead atoms. The number of nitrogens with zero attached hydrogens (tertiary/aromatic N) is 2. The number of benzene rings is 1. The molecule has 1 atom stereocenters. The van der Waals surface area contributed by atoms with E-state index in [1.165, 1.54) is 7.05 Å². The zero-order valence-electron chi connectivity index (χ0n) is 13.1. The summed E-state index contributed by atoms with van der Waals surface area (Å²) in [5.74, 6) is -0.396. The molecule has 1 unspecified atom stereocenters. The first-order valence-corrected chi connectivity index (χ1v) is 7.55. The molecule has 1 fully saturated rings. The van der Waals surface area contributed by atoms with Gasteiger partial charge in [-0.2, -0.15) is 13.2 Å². The highest BCUT2D eigenvalue weighted by Crippen LogP contribution is 2.20. The van der Waals surface area contributed by atoms with Crippen molar-refractivity contribution in [2.75, 3.05) is 33.3 Å². The number of amides is 1. The maximum absolute atomic E-state index is 12.2. The normalized spacial score (nSPS) is 19.6.